The standard InChI is InChI=1S/C16H22O4/c1-3-4-12-19-15(17)11-10-13(2)20-16(18)14-8-6-5-7-9-14/h5-9,13H,3-4,10-12H2,1-2H3. The smallest absolute Gasteiger partial charge is 0.338 e. The van der Waals surface area contributed by atoms with E-state index in [1.54, 1.807) is 31.2 Å². The lowest BCUT2D eigenvalue weighted by Gasteiger charge is -2.13. The molecule has 1 atom stereocenters. The molecule has 0 saturated heterocycles. The average molecular weight is 278 g/mol. The van der Waals surface area contributed by atoms with E-state index in [-0.39, 0.29) is 24.5 Å². The molecular formula is C16H22O4. The van der Waals surface area contributed by atoms with E-state index in [1.165, 1.54) is 0 Å². The molecule has 0 fully saturated rings. The monoisotopic (exact) mass is 278 g/mol. The van der Waals surface area contributed by atoms with Gasteiger partial charge in [-0.05, 0) is 31.9 Å². The second kappa shape index (κ2) is 9.13. The first-order chi connectivity index (χ1) is 9.63. The van der Waals surface area contributed by atoms with E-state index >= 15 is 0 Å². The van der Waals surface area contributed by atoms with Gasteiger partial charge < -0.3 is 9.47 Å². The van der Waals surface area contributed by atoms with Crippen LogP contribution in [0.25, 0.3) is 0 Å². The Kier molecular flexibility index (Phi) is 7.40. The highest BCUT2D eigenvalue weighted by atomic mass is 16.5. The number of unbranched alkanes of at least 4 members (excludes halogenated alkanes) is 1. The number of hydrogen-bond acceptors (Lipinski definition) is 4. The van der Waals surface area contributed by atoms with Crippen LogP contribution in [0.2, 0.25) is 0 Å². The molecule has 0 aliphatic carbocycles. The summed E-state index contributed by atoms with van der Waals surface area (Å²) in [6, 6.07) is 8.81. The van der Waals surface area contributed by atoms with Gasteiger partial charge in [0.05, 0.1) is 18.3 Å². The van der Waals surface area contributed by atoms with Gasteiger partial charge in [0.15, 0.2) is 0 Å². The van der Waals surface area contributed by atoms with Crippen LogP contribution in [0, 0.1) is 0 Å². The highest BCUT2D eigenvalue weighted by Gasteiger charge is 2.13. The number of carbonyl (C=O) groups is 2. The molecule has 1 unspecified atom stereocenters. The van der Waals surface area contributed by atoms with E-state index < -0.39 is 0 Å². The predicted molar refractivity (Wildman–Crippen MR) is 76.4 cm³/mol. The van der Waals surface area contributed by atoms with Gasteiger partial charge in [-0.15, -0.1) is 0 Å². The van der Waals surface area contributed by atoms with Crippen LogP contribution in [-0.2, 0) is 14.3 Å². The first kappa shape index (κ1) is 16.2. The molecule has 1 aromatic rings. The Morgan fingerprint density at radius 2 is 1.90 bits per heavy atom. The molecule has 0 spiro atoms. The summed E-state index contributed by atoms with van der Waals surface area (Å²) in [4.78, 5) is 23.2. The zero-order valence-electron chi connectivity index (χ0n) is 12.1. The van der Waals surface area contributed by atoms with Crippen molar-refractivity contribution in [2.75, 3.05) is 6.61 Å². The van der Waals surface area contributed by atoms with Crippen molar-refractivity contribution in [2.24, 2.45) is 0 Å². The Labute approximate surface area is 120 Å². The van der Waals surface area contributed by atoms with Crippen LogP contribution >= 0.6 is 0 Å². The second-order valence-corrected chi connectivity index (χ2v) is 4.69. The van der Waals surface area contributed by atoms with Crippen LogP contribution < -0.4 is 0 Å². The molecule has 0 aliphatic rings. The molecule has 0 heterocycles. The van der Waals surface area contributed by atoms with Crippen molar-refractivity contribution < 1.29 is 19.1 Å². The van der Waals surface area contributed by atoms with Crippen molar-refractivity contribution >= 4 is 11.9 Å². The molecular weight excluding hydrogens is 256 g/mol. The van der Waals surface area contributed by atoms with E-state index in [2.05, 4.69) is 0 Å². The van der Waals surface area contributed by atoms with Gasteiger partial charge in [-0.25, -0.2) is 4.79 Å². The van der Waals surface area contributed by atoms with Crippen molar-refractivity contribution in [1.29, 1.82) is 0 Å². The molecule has 0 bridgehead atoms. The van der Waals surface area contributed by atoms with Crippen LogP contribution in [-0.4, -0.2) is 24.6 Å². The number of rotatable bonds is 8. The number of esters is 2. The van der Waals surface area contributed by atoms with Gasteiger partial charge in [0.25, 0.3) is 0 Å². The van der Waals surface area contributed by atoms with Gasteiger partial charge in [-0.1, -0.05) is 31.5 Å². The highest BCUT2D eigenvalue weighted by Crippen LogP contribution is 2.08. The zero-order chi connectivity index (χ0) is 14.8. The summed E-state index contributed by atoms with van der Waals surface area (Å²) in [5.41, 5.74) is 0.518. The molecule has 0 aliphatic heterocycles. The summed E-state index contributed by atoms with van der Waals surface area (Å²) in [5.74, 6) is -0.599. The first-order valence-electron chi connectivity index (χ1n) is 7.05. The van der Waals surface area contributed by atoms with E-state index in [0.717, 1.165) is 12.8 Å². The molecule has 0 radical (unpaired) electrons. The fourth-order valence-corrected chi connectivity index (χ4v) is 1.61. The van der Waals surface area contributed by atoms with Crippen molar-refractivity contribution in [3.8, 4) is 0 Å². The van der Waals surface area contributed by atoms with Crippen molar-refractivity contribution in [3.05, 3.63) is 35.9 Å². The van der Waals surface area contributed by atoms with E-state index in [1.807, 2.05) is 13.0 Å². The van der Waals surface area contributed by atoms with Gasteiger partial charge in [-0.2, -0.15) is 0 Å². The Morgan fingerprint density at radius 3 is 2.55 bits per heavy atom. The van der Waals surface area contributed by atoms with Gasteiger partial charge >= 0.3 is 11.9 Å². The SMILES string of the molecule is CCCCOC(=O)CCC(C)OC(=O)c1ccccc1. The molecule has 0 aromatic heterocycles. The van der Waals surface area contributed by atoms with E-state index in [0.29, 0.717) is 18.6 Å². The third-order valence-corrected chi connectivity index (χ3v) is 2.83. The van der Waals surface area contributed by atoms with Gasteiger partial charge in [-0.3, -0.25) is 4.79 Å². The van der Waals surface area contributed by atoms with Gasteiger partial charge in [0.2, 0.25) is 0 Å². The van der Waals surface area contributed by atoms with Crippen molar-refractivity contribution in [2.45, 2.75) is 45.6 Å². The lowest BCUT2D eigenvalue weighted by Crippen LogP contribution is -2.17. The zero-order valence-corrected chi connectivity index (χ0v) is 12.1. The van der Waals surface area contributed by atoms with E-state index in [9.17, 15) is 9.59 Å². The quantitative estimate of drug-likeness (QED) is 0.540. The Bertz CT molecular complexity index is 414. The number of hydrogen-bond donors (Lipinski definition) is 0. The minimum atomic E-state index is -0.363. The molecule has 4 heteroatoms. The summed E-state index contributed by atoms with van der Waals surface area (Å²) in [7, 11) is 0. The average Bonchev–Trinajstić information content (AvgIpc) is 2.46. The van der Waals surface area contributed by atoms with Crippen molar-refractivity contribution in [1.82, 2.24) is 0 Å². The van der Waals surface area contributed by atoms with Gasteiger partial charge in [0.1, 0.15) is 0 Å². The van der Waals surface area contributed by atoms with Gasteiger partial charge in [0, 0.05) is 6.42 Å². The van der Waals surface area contributed by atoms with Crippen LogP contribution in [0.5, 0.6) is 0 Å². The minimum Gasteiger partial charge on any atom is -0.466 e. The summed E-state index contributed by atoms with van der Waals surface area (Å²) >= 11 is 0. The third kappa shape index (κ3) is 6.36. The molecule has 20 heavy (non-hydrogen) atoms. The molecule has 1 aromatic carbocycles. The lowest BCUT2D eigenvalue weighted by molar-refractivity contribution is -0.144. The maximum absolute atomic E-state index is 11.8. The van der Waals surface area contributed by atoms with E-state index in [4.69, 9.17) is 9.47 Å². The van der Waals surface area contributed by atoms with Crippen LogP contribution in [0.4, 0.5) is 0 Å². The Balaban J connectivity index is 2.25. The Hall–Kier alpha value is -1.84. The minimum absolute atomic E-state index is 0.235. The Morgan fingerprint density at radius 1 is 1.20 bits per heavy atom. The molecule has 1 rings (SSSR count). The number of carbonyl (C=O) groups excluding carboxylic acids is 2. The number of benzene rings is 1. The summed E-state index contributed by atoms with van der Waals surface area (Å²) in [6.45, 7) is 4.28. The van der Waals surface area contributed by atoms with Crippen LogP contribution in [0.3, 0.4) is 0 Å². The molecule has 110 valence electrons. The molecule has 0 saturated carbocycles. The fourth-order valence-electron chi connectivity index (χ4n) is 1.61. The van der Waals surface area contributed by atoms with Crippen LogP contribution in [0.1, 0.15) is 49.9 Å². The summed E-state index contributed by atoms with van der Waals surface area (Å²) in [5, 5.41) is 0. The van der Waals surface area contributed by atoms with Crippen molar-refractivity contribution in [3.63, 3.8) is 0 Å². The first-order valence-corrected chi connectivity index (χ1v) is 7.05. The highest BCUT2D eigenvalue weighted by molar-refractivity contribution is 5.89. The largest absolute Gasteiger partial charge is 0.466 e. The topological polar surface area (TPSA) is 52.6 Å². The fraction of sp³-hybridized carbons (Fsp3) is 0.500. The summed E-state index contributed by atoms with van der Waals surface area (Å²) < 4.78 is 10.3. The molecule has 0 N–H and O–H groups in total. The second-order valence-electron chi connectivity index (χ2n) is 4.69. The maximum Gasteiger partial charge on any atom is 0.338 e. The number of ether oxygens (including phenoxy) is 2. The van der Waals surface area contributed by atoms with Crippen LogP contribution in [0.15, 0.2) is 30.3 Å². The maximum atomic E-state index is 11.8. The predicted octanol–water partition coefficient (Wildman–Crippen LogP) is 3.36. The lowest BCUT2D eigenvalue weighted by atomic mass is 10.2. The molecule has 0 amide bonds. The normalized spacial score (nSPS) is 11.7. The third-order valence-electron chi connectivity index (χ3n) is 2.83. The summed E-state index contributed by atoms with van der Waals surface area (Å²) in [6.07, 6.45) is 2.32. The molecule has 4 nitrogen and oxygen atoms in total.